The Morgan fingerprint density at radius 1 is 1.10 bits per heavy atom. The van der Waals surface area contributed by atoms with E-state index in [1.807, 2.05) is 0 Å². The van der Waals surface area contributed by atoms with E-state index in [-0.39, 0.29) is 11.6 Å². The van der Waals surface area contributed by atoms with Crippen LogP contribution in [0.15, 0.2) is 4.99 Å². The molecular formula is C16H30N4. The van der Waals surface area contributed by atoms with Gasteiger partial charge in [-0.2, -0.15) is 0 Å². The third-order valence-electron chi connectivity index (χ3n) is 5.53. The molecule has 4 bridgehead atoms. The van der Waals surface area contributed by atoms with Gasteiger partial charge < -0.3 is 5.32 Å². The van der Waals surface area contributed by atoms with E-state index < -0.39 is 0 Å². The zero-order valence-corrected chi connectivity index (χ0v) is 13.4. The Bertz CT molecular complexity index is 410. The summed E-state index contributed by atoms with van der Waals surface area (Å²) in [6.07, 6.45) is 8.05. The van der Waals surface area contributed by atoms with Crippen LogP contribution in [0.2, 0.25) is 0 Å². The van der Waals surface area contributed by atoms with Crippen LogP contribution in [0.3, 0.4) is 0 Å². The lowest BCUT2D eigenvalue weighted by Crippen LogP contribution is -2.66. The Hall–Kier alpha value is -0.770. The van der Waals surface area contributed by atoms with Crippen molar-refractivity contribution in [2.75, 3.05) is 0 Å². The molecule has 0 aromatic rings. The van der Waals surface area contributed by atoms with Gasteiger partial charge in [0.25, 0.3) is 0 Å². The molecule has 0 heterocycles. The van der Waals surface area contributed by atoms with E-state index in [9.17, 15) is 0 Å². The van der Waals surface area contributed by atoms with Crippen LogP contribution in [0.5, 0.6) is 0 Å². The van der Waals surface area contributed by atoms with E-state index >= 15 is 0 Å². The van der Waals surface area contributed by atoms with Gasteiger partial charge >= 0.3 is 0 Å². The standard InChI is InChI=1S/C16H30N4/c1-11(2)18-13(20-17)19-16-7-12-5-14(3,9-16)8-15(4,6-12)10-16/h11-12H,5-10,17H2,1-4H3,(H2,18,19,20). The monoisotopic (exact) mass is 278 g/mol. The van der Waals surface area contributed by atoms with Crippen LogP contribution in [-0.4, -0.2) is 17.5 Å². The molecule has 2 atom stereocenters. The molecule has 4 aliphatic carbocycles. The van der Waals surface area contributed by atoms with Gasteiger partial charge in [0.15, 0.2) is 0 Å². The lowest BCUT2D eigenvalue weighted by molar-refractivity contribution is -0.112. The number of nitrogens with zero attached hydrogens (tertiary/aromatic N) is 1. The van der Waals surface area contributed by atoms with Crippen molar-refractivity contribution in [2.24, 2.45) is 27.6 Å². The van der Waals surface area contributed by atoms with Crippen LogP contribution < -0.4 is 16.6 Å². The molecule has 4 saturated carbocycles. The average molecular weight is 278 g/mol. The fourth-order valence-electron chi connectivity index (χ4n) is 6.20. The lowest BCUT2D eigenvalue weighted by Gasteiger charge is -2.65. The van der Waals surface area contributed by atoms with Crippen molar-refractivity contribution in [1.29, 1.82) is 0 Å². The van der Waals surface area contributed by atoms with E-state index in [4.69, 9.17) is 5.84 Å². The summed E-state index contributed by atoms with van der Waals surface area (Å²) in [5, 5.41) is 3.71. The highest BCUT2D eigenvalue weighted by Crippen LogP contribution is 2.66. The average Bonchev–Trinajstić information content (AvgIpc) is 2.21. The summed E-state index contributed by atoms with van der Waals surface area (Å²) in [5.74, 6) is 7.33. The minimum Gasteiger partial charge on any atom is -0.350 e. The molecule has 0 saturated heterocycles. The molecule has 4 aliphatic rings. The molecule has 0 spiro atoms. The third-order valence-corrected chi connectivity index (χ3v) is 5.53. The number of rotatable bonds is 2. The molecule has 2 unspecified atom stereocenters. The SMILES string of the molecule is CC(C)N=C(NN)NC12CC3CC(C)(CC(C)(C3)C1)C2. The van der Waals surface area contributed by atoms with Gasteiger partial charge in [-0.1, -0.05) is 13.8 Å². The normalized spacial score (nSPS) is 46.9. The molecule has 20 heavy (non-hydrogen) atoms. The van der Waals surface area contributed by atoms with Gasteiger partial charge in [0.1, 0.15) is 0 Å². The van der Waals surface area contributed by atoms with Crippen molar-refractivity contribution in [3.63, 3.8) is 0 Å². The highest BCUT2D eigenvalue weighted by atomic mass is 15.3. The van der Waals surface area contributed by atoms with Gasteiger partial charge in [-0.05, 0) is 69.1 Å². The second-order valence-electron chi connectivity index (χ2n) is 8.75. The predicted octanol–water partition coefficient (Wildman–Crippen LogP) is 2.55. The Morgan fingerprint density at radius 2 is 1.70 bits per heavy atom. The van der Waals surface area contributed by atoms with Crippen LogP contribution in [0.25, 0.3) is 0 Å². The number of guanidine groups is 1. The van der Waals surface area contributed by atoms with Crippen molar-refractivity contribution in [1.82, 2.24) is 10.7 Å². The number of hydrogen-bond donors (Lipinski definition) is 3. The van der Waals surface area contributed by atoms with E-state index in [0.29, 0.717) is 10.8 Å². The Balaban J connectivity index is 1.85. The fraction of sp³-hybridized carbons (Fsp3) is 0.938. The first-order chi connectivity index (χ1) is 9.26. The summed E-state index contributed by atoms with van der Waals surface area (Å²) in [6, 6.07) is 0.258. The van der Waals surface area contributed by atoms with Gasteiger partial charge in [0, 0.05) is 11.6 Å². The molecule has 4 nitrogen and oxygen atoms in total. The first-order valence-corrected chi connectivity index (χ1v) is 8.08. The molecule has 0 aromatic heterocycles. The van der Waals surface area contributed by atoms with Crippen LogP contribution in [0.4, 0.5) is 0 Å². The number of nitrogens with two attached hydrogens (primary N) is 1. The summed E-state index contributed by atoms with van der Waals surface area (Å²) >= 11 is 0. The van der Waals surface area contributed by atoms with Crippen molar-refractivity contribution in [3.05, 3.63) is 0 Å². The van der Waals surface area contributed by atoms with Gasteiger partial charge in [-0.3, -0.25) is 5.43 Å². The van der Waals surface area contributed by atoms with Crippen LogP contribution in [0, 0.1) is 16.7 Å². The number of hydrazine groups is 1. The highest BCUT2D eigenvalue weighted by Gasteiger charge is 2.60. The smallest absolute Gasteiger partial charge is 0.206 e. The minimum atomic E-state index is 0.211. The van der Waals surface area contributed by atoms with Gasteiger partial charge in [0.05, 0.1) is 0 Å². The summed E-state index contributed by atoms with van der Waals surface area (Å²) in [7, 11) is 0. The zero-order valence-electron chi connectivity index (χ0n) is 13.4. The van der Waals surface area contributed by atoms with E-state index in [2.05, 4.69) is 43.4 Å². The Morgan fingerprint density at radius 3 is 2.15 bits per heavy atom. The molecule has 4 fully saturated rings. The second kappa shape index (κ2) is 4.36. The predicted molar refractivity (Wildman–Crippen MR) is 83.2 cm³/mol. The van der Waals surface area contributed by atoms with Crippen LogP contribution in [-0.2, 0) is 0 Å². The second-order valence-corrected chi connectivity index (χ2v) is 8.75. The Labute approximate surface area is 123 Å². The highest BCUT2D eigenvalue weighted by molar-refractivity contribution is 5.80. The van der Waals surface area contributed by atoms with Crippen molar-refractivity contribution >= 4 is 5.96 Å². The molecule has 0 amide bonds. The van der Waals surface area contributed by atoms with E-state index in [0.717, 1.165) is 11.9 Å². The maximum Gasteiger partial charge on any atom is 0.206 e. The molecule has 4 heteroatoms. The first-order valence-electron chi connectivity index (χ1n) is 8.08. The number of hydrogen-bond acceptors (Lipinski definition) is 2. The first kappa shape index (κ1) is 14.2. The minimum absolute atomic E-state index is 0.211. The molecular weight excluding hydrogens is 248 g/mol. The summed E-state index contributed by atoms with van der Waals surface area (Å²) in [4.78, 5) is 4.59. The van der Waals surface area contributed by atoms with Crippen LogP contribution in [0.1, 0.15) is 66.2 Å². The number of aliphatic imine (C=N–C) groups is 1. The maximum absolute atomic E-state index is 5.67. The number of nitrogens with one attached hydrogen (secondary N) is 2. The van der Waals surface area contributed by atoms with Gasteiger partial charge in [-0.15, -0.1) is 0 Å². The molecule has 114 valence electrons. The summed E-state index contributed by atoms with van der Waals surface area (Å²) in [5.41, 5.74) is 4.01. The van der Waals surface area contributed by atoms with Gasteiger partial charge in [0.2, 0.25) is 5.96 Å². The van der Waals surface area contributed by atoms with Crippen molar-refractivity contribution in [3.8, 4) is 0 Å². The Kier molecular flexibility index (Phi) is 3.09. The molecule has 4 rings (SSSR count). The van der Waals surface area contributed by atoms with Gasteiger partial charge in [-0.25, -0.2) is 10.8 Å². The quantitative estimate of drug-likeness (QED) is 0.315. The van der Waals surface area contributed by atoms with Crippen molar-refractivity contribution < 1.29 is 0 Å². The van der Waals surface area contributed by atoms with Crippen molar-refractivity contribution in [2.45, 2.75) is 77.8 Å². The molecule has 0 radical (unpaired) electrons. The lowest BCUT2D eigenvalue weighted by atomic mass is 9.43. The summed E-state index contributed by atoms with van der Waals surface area (Å²) in [6.45, 7) is 9.14. The van der Waals surface area contributed by atoms with E-state index in [1.54, 1.807) is 0 Å². The molecule has 4 N–H and O–H groups in total. The topological polar surface area (TPSA) is 62.4 Å². The summed E-state index contributed by atoms with van der Waals surface area (Å²) < 4.78 is 0. The maximum atomic E-state index is 5.67. The zero-order chi connectivity index (χ0) is 14.6. The van der Waals surface area contributed by atoms with E-state index in [1.165, 1.54) is 38.5 Å². The molecule has 0 aromatic carbocycles. The third kappa shape index (κ3) is 2.43. The largest absolute Gasteiger partial charge is 0.350 e. The fourth-order valence-corrected chi connectivity index (χ4v) is 6.20. The molecule has 0 aliphatic heterocycles. The van der Waals surface area contributed by atoms with Crippen LogP contribution >= 0.6 is 0 Å².